The third-order valence-corrected chi connectivity index (χ3v) is 3.40. The normalized spacial score (nSPS) is 17.5. The summed E-state index contributed by atoms with van der Waals surface area (Å²) < 4.78 is 0. The van der Waals surface area contributed by atoms with Gasteiger partial charge in [-0.3, -0.25) is 10.1 Å². The number of benzene rings is 1. The van der Waals surface area contributed by atoms with Crippen LogP contribution in [0.15, 0.2) is 24.3 Å². The first-order valence-electron chi connectivity index (χ1n) is 5.74. The van der Waals surface area contributed by atoms with Crippen LogP contribution in [-0.4, -0.2) is 22.2 Å². The van der Waals surface area contributed by atoms with Crippen LogP contribution in [0.4, 0.5) is 5.69 Å². The van der Waals surface area contributed by atoms with E-state index in [4.69, 9.17) is 0 Å². The van der Waals surface area contributed by atoms with E-state index in [1.165, 1.54) is 6.07 Å². The largest absolute Gasteiger partial charge is 0.394 e. The van der Waals surface area contributed by atoms with Crippen molar-refractivity contribution in [2.24, 2.45) is 0 Å². The van der Waals surface area contributed by atoms with E-state index in [9.17, 15) is 15.2 Å². The lowest BCUT2D eigenvalue weighted by Crippen LogP contribution is -2.53. The molecule has 1 aliphatic carbocycles. The van der Waals surface area contributed by atoms with E-state index in [-0.39, 0.29) is 17.8 Å². The minimum atomic E-state index is -0.394. The van der Waals surface area contributed by atoms with Gasteiger partial charge in [0, 0.05) is 24.2 Å². The minimum absolute atomic E-state index is 0.107. The van der Waals surface area contributed by atoms with Gasteiger partial charge in [-0.05, 0) is 24.8 Å². The standard InChI is InChI=1S/C12H16N2O3/c15-9-12(5-2-6-12)13-8-10-3-1-4-11(7-10)14(16)17/h1,3-4,7,13,15H,2,5-6,8-9H2. The van der Waals surface area contributed by atoms with Gasteiger partial charge >= 0.3 is 0 Å². The summed E-state index contributed by atoms with van der Waals surface area (Å²) >= 11 is 0. The molecule has 1 saturated carbocycles. The Labute approximate surface area is 99.6 Å². The van der Waals surface area contributed by atoms with E-state index in [1.54, 1.807) is 12.1 Å². The lowest BCUT2D eigenvalue weighted by atomic mass is 9.77. The van der Waals surface area contributed by atoms with Crippen LogP contribution < -0.4 is 5.32 Å². The third-order valence-electron chi connectivity index (χ3n) is 3.40. The van der Waals surface area contributed by atoms with Gasteiger partial charge in [-0.1, -0.05) is 12.1 Å². The second kappa shape index (κ2) is 4.81. The van der Waals surface area contributed by atoms with Crippen molar-refractivity contribution in [3.63, 3.8) is 0 Å². The van der Waals surface area contributed by atoms with Crippen LogP contribution in [0.5, 0.6) is 0 Å². The van der Waals surface area contributed by atoms with Gasteiger partial charge in [0.05, 0.1) is 11.5 Å². The molecule has 0 amide bonds. The van der Waals surface area contributed by atoms with Crippen molar-refractivity contribution in [1.82, 2.24) is 5.32 Å². The molecule has 0 bridgehead atoms. The van der Waals surface area contributed by atoms with Crippen LogP contribution in [0.2, 0.25) is 0 Å². The van der Waals surface area contributed by atoms with Crippen molar-refractivity contribution in [3.05, 3.63) is 39.9 Å². The van der Waals surface area contributed by atoms with E-state index < -0.39 is 4.92 Å². The molecule has 2 rings (SSSR count). The number of aliphatic hydroxyl groups is 1. The Morgan fingerprint density at radius 3 is 2.76 bits per heavy atom. The Bertz CT molecular complexity index is 410. The summed E-state index contributed by atoms with van der Waals surface area (Å²) in [6, 6.07) is 6.58. The Morgan fingerprint density at radius 1 is 1.47 bits per heavy atom. The molecule has 2 N–H and O–H groups in total. The Balaban J connectivity index is 1.99. The molecule has 1 aromatic carbocycles. The van der Waals surface area contributed by atoms with Crippen molar-refractivity contribution in [2.45, 2.75) is 31.3 Å². The summed E-state index contributed by atoms with van der Waals surface area (Å²) in [6.07, 6.45) is 3.07. The zero-order chi connectivity index (χ0) is 12.3. The zero-order valence-corrected chi connectivity index (χ0v) is 9.56. The first-order chi connectivity index (χ1) is 8.15. The highest BCUT2D eigenvalue weighted by atomic mass is 16.6. The molecule has 1 fully saturated rings. The predicted octanol–water partition coefficient (Wildman–Crippen LogP) is 1.60. The molecule has 5 heteroatoms. The fourth-order valence-corrected chi connectivity index (χ4v) is 2.06. The number of non-ortho nitro benzene ring substituents is 1. The van der Waals surface area contributed by atoms with E-state index in [2.05, 4.69) is 5.32 Å². The van der Waals surface area contributed by atoms with E-state index in [0.29, 0.717) is 6.54 Å². The molecular formula is C12H16N2O3. The first kappa shape index (κ1) is 12.0. The summed E-state index contributed by atoms with van der Waals surface area (Å²) in [5, 5.41) is 23.2. The fraction of sp³-hybridized carbons (Fsp3) is 0.500. The molecule has 17 heavy (non-hydrogen) atoms. The van der Waals surface area contributed by atoms with Gasteiger partial charge in [0.15, 0.2) is 0 Å². The molecule has 0 radical (unpaired) electrons. The average Bonchev–Trinajstić information content (AvgIpc) is 2.28. The van der Waals surface area contributed by atoms with Crippen LogP contribution in [0.25, 0.3) is 0 Å². The van der Waals surface area contributed by atoms with Crippen LogP contribution in [0, 0.1) is 10.1 Å². The van der Waals surface area contributed by atoms with Gasteiger partial charge in [-0.15, -0.1) is 0 Å². The predicted molar refractivity (Wildman–Crippen MR) is 63.6 cm³/mol. The molecule has 0 aromatic heterocycles. The SMILES string of the molecule is O=[N+]([O-])c1cccc(CNC2(CO)CCC2)c1. The summed E-state index contributed by atoms with van der Waals surface area (Å²) in [5.41, 5.74) is 0.819. The van der Waals surface area contributed by atoms with Crippen LogP contribution in [0.3, 0.4) is 0 Å². The molecule has 0 heterocycles. The lowest BCUT2D eigenvalue weighted by molar-refractivity contribution is -0.384. The van der Waals surface area contributed by atoms with Crippen LogP contribution in [-0.2, 0) is 6.54 Å². The third kappa shape index (κ3) is 2.62. The molecule has 1 aliphatic rings. The molecule has 0 unspecified atom stereocenters. The van der Waals surface area contributed by atoms with Crippen molar-refractivity contribution in [2.75, 3.05) is 6.61 Å². The highest BCUT2D eigenvalue weighted by Gasteiger charge is 2.35. The van der Waals surface area contributed by atoms with Crippen molar-refractivity contribution < 1.29 is 10.0 Å². The maximum atomic E-state index is 10.6. The second-order valence-electron chi connectivity index (χ2n) is 4.57. The van der Waals surface area contributed by atoms with Gasteiger partial charge in [-0.2, -0.15) is 0 Å². The van der Waals surface area contributed by atoms with E-state index in [1.807, 2.05) is 6.07 Å². The molecule has 0 spiro atoms. The molecule has 5 nitrogen and oxygen atoms in total. The second-order valence-corrected chi connectivity index (χ2v) is 4.57. The van der Waals surface area contributed by atoms with Crippen LogP contribution in [0.1, 0.15) is 24.8 Å². The van der Waals surface area contributed by atoms with E-state index in [0.717, 1.165) is 24.8 Å². The molecule has 1 aromatic rings. The molecule has 0 atom stereocenters. The smallest absolute Gasteiger partial charge is 0.269 e. The summed E-state index contributed by atoms with van der Waals surface area (Å²) in [4.78, 5) is 10.2. The Morgan fingerprint density at radius 2 is 2.24 bits per heavy atom. The van der Waals surface area contributed by atoms with Gasteiger partial charge < -0.3 is 10.4 Å². The summed E-state index contributed by atoms with van der Waals surface area (Å²) in [5.74, 6) is 0. The van der Waals surface area contributed by atoms with Crippen molar-refractivity contribution in [3.8, 4) is 0 Å². The average molecular weight is 236 g/mol. The van der Waals surface area contributed by atoms with Crippen molar-refractivity contribution in [1.29, 1.82) is 0 Å². The quantitative estimate of drug-likeness (QED) is 0.601. The van der Waals surface area contributed by atoms with Gasteiger partial charge in [0.2, 0.25) is 0 Å². The molecule has 0 saturated heterocycles. The van der Waals surface area contributed by atoms with Crippen molar-refractivity contribution >= 4 is 5.69 Å². The highest BCUT2D eigenvalue weighted by Crippen LogP contribution is 2.31. The van der Waals surface area contributed by atoms with E-state index >= 15 is 0 Å². The summed E-state index contributed by atoms with van der Waals surface area (Å²) in [7, 11) is 0. The monoisotopic (exact) mass is 236 g/mol. The number of nitrogens with one attached hydrogen (secondary N) is 1. The number of hydrogen-bond donors (Lipinski definition) is 2. The number of rotatable bonds is 5. The van der Waals surface area contributed by atoms with Gasteiger partial charge in [-0.25, -0.2) is 0 Å². The fourth-order valence-electron chi connectivity index (χ4n) is 2.06. The van der Waals surface area contributed by atoms with Gasteiger partial charge in [0.25, 0.3) is 5.69 Å². The lowest BCUT2D eigenvalue weighted by Gasteiger charge is -2.41. The first-order valence-corrected chi connectivity index (χ1v) is 5.74. The highest BCUT2D eigenvalue weighted by molar-refractivity contribution is 5.34. The summed E-state index contributed by atoms with van der Waals surface area (Å²) in [6.45, 7) is 0.685. The Hall–Kier alpha value is -1.46. The molecule has 0 aliphatic heterocycles. The Kier molecular flexibility index (Phi) is 3.40. The van der Waals surface area contributed by atoms with Gasteiger partial charge in [0.1, 0.15) is 0 Å². The minimum Gasteiger partial charge on any atom is -0.394 e. The van der Waals surface area contributed by atoms with Crippen LogP contribution >= 0.6 is 0 Å². The maximum Gasteiger partial charge on any atom is 0.269 e. The molecular weight excluding hydrogens is 220 g/mol. The number of hydrogen-bond acceptors (Lipinski definition) is 4. The number of nitro groups is 1. The topological polar surface area (TPSA) is 75.4 Å². The number of nitrogens with zero attached hydrogens (tertiary/aromatic N) is 1. The number of aliphatic hydroxyl groups excluding tert-OH is 1. The maximum absolute atomic E-state index is 10.6. The number of nitro benzene ring substituents is 1. The zero-order valence-electron chi connectivity index (χ0n) is 9.56. The molecule has 92 valence electrons.